The van der Waals surface area contributed by atoms with Crippen molar-refractivity contribution < 1.29 is 18.7 Å². The van der Waals surface area contributed by atoms with Crippen LogP contribution in [0.5, 0.6) is 0 Å². The molecule has 0 saturated heterocycles. The van der Waals surface area contributed by atoms with Gasteiger partial charge in [-0.25, -0.2) is 9.18 Å². The molecule has 1 fully saturated rings. The van der Waals surface area contributed by atoms with Gasteiger partial charge in [-0.15, -0.1) is 0 Å². The first kappa shape index (κ1) is 14.5. The lowest BCUT2D eigenvalue weighted by Gasteiger charge is -2.23. The van der Waals surface area contributed by atoms with E-state index in [9.17, 15) is 14.0 Å². The highest BCUT2D eigenvalue weighted by Gasteiger charge is 2.44. The van der Waals surface area contributed by atoms with Crippen LogP contribution >= 0.6 is 0 Å². The van der Waals surface area contributed by atoms with Crippen molar-refractivity contribution in [2.24, 2.45) is 11.7 Å². The highest BCUT2D eigenvalue weighted by molar-refractivity contribution is 5.99. The van der Waals surface area contributed by atoms with Crippen LogP contribution in [0.15, 0.2) is 18.2 Å². The zero-order valence-corrected chi connectivity index (χ0v) is 11.4. The van der Waals surface area contributed by atoms with E-state index in [1.54, 1.807) is 6.92 Å². The fourth-order valence-corrected chi connectivity index (χ4v) is 2.00. The Kier molecular flexibility index (Phi) is 3.76. The monoisotopic (exact) mass is 280 g/mol. The van der Waals surface area contributed by atoms with Crippen LogP contribution in [0.1, 0.15) is 30.1 Å². The van der Waals surface area contributed by atoms with Crippen LogP contribution in [0.25, 0.3) is 0 Å². The lowest BCUT2D eigenvalue weighted by atomic mass is 9.96. The van der Waals surface area contributed by atoms with E-state index in [2.05, 4.69) is 10.1 Å². The predicted octanol–water partition coefficient (Wildman–Crippen LogP) is 1.68. The number of carbonyl (C=O) groups excluding carboxylic acids is 2. The Hall–Kier alpha value is -1.95. The molecule has 108 valence electrons. The zero-order chi connectivity index (χ0) is 14.9. The van der Waals surface area contributed by atoms with Gasteiger partial charge < -0.3 is 15.8 Å². The molecule has 0 bridgehead atoms. The van der Waals surface area contributed by atoms with E-state index >= 15 is 0 Å². The number of hydrogen-bond acceptors (Lipinski definition) is 4. The van der Waals surface area contributed by atoms with Crippen LogP contribution in [0, 0.1) is 11.7 Å². The summed E-state index contributed by atoms with van der Waals surface area (Å²) in [4.78, 5) is 23.5. The third kappa shape index (κ3) is 2.80. The molecule has 1 aliphatic rings. The van der Waals surface area contributed by atoms with Gasteiger partial charge in [0.2, 0.25) is 5.91 Å². The average Bonchev–Trinajstić information content (AvgIpc) is 3.24. The summed E-state index contributed by atoms with van der Waals surface area (Å²) < 4.78 is 18.0. The first-order chi connectivity index (χ1) is 9.36. The van der Waals surface area contributed by atoms with Crippen molar-refractivity contribution in [1.29, 1.82) is 0 Å². The highest BCUT2D eigenvalue weighted by atomic mass is 19.1. The van der Waals surface area contributed by atoms with Crippen LogP contribution in [-0.4, -0.2) is 24.5 Å². The molecule has 1 aromatic rings. The SMILES string of the molecule is COC(=O)c1cc(NC(=O)C(C)(N)C2CC2)ccc1F. The molecule has 1 amide bonds. The Morgan fingerprint density at radius 3 is 2.65 bits per heavy atom. The molecule has 1 saturated carbocycles. The van der Waals surface area contributed by atoms with E-state index in [4.69, 9.17) is 5.73 Å². The number of esters is 1. The number of nitrogens with one attached hydrogen (secondary N) is 1. The minimum Gasteiger partial charge on any atom is -0.465 e. The molecule has 1 atom stereocenters. The quantitative estimate of drug-likeness (QED) is 0.822. The number of rotatable bonds is 4. The molecule has 0 radical (unpaired) electrons. The molecule has 0 spiro atoms. The molecule has 3 N–H and O–H groups in total. The first-order valence-electron chi connectivity index (χ1n) is 6.34. The number of ether oxygens (including phenoxy) is 1. The number of amides is 1. The summed E-state index contributed by atoms with van der Waals surface area (Å²) in [7, 11) is 1.16. The Balaban J connectivity index is 2.17. The van der Waals surface area contributed by atoms with Gasteiger partial charge in [-0.2, -0.15) is 0 Å². The molecule has 1 aliphatic carbocycles. The van der Waals surface area contributed by atoms with Crippen molar-refractivity contribution in [2.45, 2.75) is 25.3 Å². The first-order valence-corrected chi connectivity index (χ1v) is 6.34. The van der Waals surface area contributed by atoms with Crippen LogP contribution < -0.4 is 11.1 Å². The fraction of sp³-hybridized carbons (Fsp3) is 0.429. The van der Waals surface area contributed by atoms with Gasteiger partial charge in [0.15, 0.2) is 0 Å². The van der Waals surface area contributed by atoms with Crippen molar-refractivity contribution in [3.8, 4) is 0 Å². The maximum atomic E-state index is 13.5. The van der Waals surface area contributed by atoms with Gasteiger partial charge in [0.25, 0.3) is 0 Å². The van der Waals surface area contributed by atoms with Crippen molar-refractivity contribution in [3.05, 3.63) is 29.6 Å². The molecular formula is C14H17FN2O3. The lowest BCUT2D eigenvalue weighted by molar-refractivity contribution is -0.121. The topological polar surface area (TPSA) is 81.4 Å². The van der Waals surface area contributed by atoms with Gasteiger partial charge >= 0.3 is 5.97 Å². The Morgan fingerprint density at radius 2 is 2.10 bits per heavy atom. The van der Waals surface area contributed by atoms with E-state index in [1.807, 2.05) is 0 Å². The van der Waals surface area contributed by atoms with Crippen LogP contribution in [-0.2, 0) is 9.53 Å². The Morgan fingerprint density at radius 1 is 1.45 bits per heavy atom. The summed E-state index contributed by atoms with van der Waals surface area (Å²) in [5, 5.41) is 2.61. The van der Waals surface area contributed by atoms with Gasteiger partial charge in [-0.1, -0.05) is 0 Å². The zero-order valence-electron chi connectivity index (χ0n) is 11.4. The summed E-state index contributed by atoms with van der Waals surface area (Å²) in [6.07, 6.45) is 1.86. The van der Waals surface area contributed by atoms with Gasteiger partial charge in [0.05, 0.1) is 18.2 Å². The van der Waals surface area contributed by atoms with Crippen LogP contribution in [0.3, 0.4) is 0 Å². The van der Waals surface area contributed by atoms with E-state index in [0.717, 1.165) is 26.0 Å². The number of methoxy groups -OCH3 is 1. The number of carbonyl (C=O) groups is 2. The smallest absolute Gasteiger partial charge is 0.340 e. The third-order valence-electron chi connectivity index (χ3n) is 3.54. The number of anilines is 1. The van der Waals surface area contributed by atoms with Crippen molar-refractivity contribution in [2.75, 3.05) is 12.4 Å². The normalized spacial score (nSPS) is 17.2. The summed E-state index contributed by atoms with van der Waals surface area (Å²) in [6, 6.07) is 3.72. The fourth-order valence-electron chi connectivity index (χ4n) is 2.00. The second-order valence-electron chi connectivity index (χ2n) is 5.20. The summed E-state index contributed by atoms with van der Waals surface area (Å²) in [5.41, 5.74) is 5.12. The molecule has 1 aromatic carbocycles. The molecule has 0 heterocycles. The summed E-state index contributed by atoms with van der Waals surface area (Å²) in [6.45, 7) is 1.67. The molecule has 0 aromatic heterocycles. The van der Waals surface area contributed by atoms with Gasteiger partial charge in [-0.3, -0.25) is 4.79 Å². The standard InChI is InChI=1S/C14H17FN2O3/c1-14(16,8-3-4-8)13(19)17-9-5-6-11(15)10(7-9)12(18)20-2/h5-8H,3-4,16H2,1-2H3,(H,17,19). The maximum Gasteiger partial charge on any atom is 0.340 e. The van der Waals surface area contributed by atoms with E-state index in [0.29, 0.717) is 5.69 Å². The molecule has 1 unspecified atom stereocenters. The van der Waals surface area contributed by atoms with Gasteiger partial charge in [0.1, 0.15) is 5.82 Å². The van der Waals surface area contributed by atoms with Crippen LogP contribution in [0.2, 0.25) is 0 Å². The number of halogens is 1. The Bertz CT molecular complexity index is 553. The minimum absolute atomic E-state index is 0.169. The Labute approximate surface area is 116 Å². The van der Waals surface area contributed by atoms with Gasteiger partial charge in [-0.05, 0) is 43.9 Å². The molecule has 5 nitrogen and oxygen atoms in total. The molecule has 2 rings (SSSR count). The third-order valence-corrected chi connectivity index (χ3v) is 3.54. The number of hydrogen-bond donors (Lipinski definition) is 2. The van der Waals surface area contributed by atoms with Crippen molar-refractivity contribution >= 4 is 17.6 Å². The maximum absolute atomic E-state index is 13.5. The second-order valence-corrected chi connectivity index (χ2v) is 5.20. The van der Waals surface area contributed by atoms with E-state index in [-0.39, 0.29) is 17.4 Å². The lowest BCUT2D eigenvalue weighted by Crippen LogP contribution is -2.50. The van der Waals surface area contributed by atoms with Crippen molar-refractivity contribution in [3.63, 3.8) is 0 Å². The summed E-state index contributed by atoms with van der Waals surface area (Å²) >= 11 is 0. The van der Waals surface area contributed by atoms with E-state index in [1.165, 1.54) is 12.1 Å². The van der Waals surface area contributed by atoms with Gasteiger partial charge in [0, 0.05) is 5.69 Å². The molecule has 0 aliphatic heterocycles. The van der Waals surface area contributed by atoms with E-state index < -0.39 is 17.3 Å². The predicted molar refractivity (Wildman–Crippen MR) is 71.7 cm³/mol. The van der Waals surface area contributed by atoms with Crippen LogP contribution in [0.4, 0.5) is 10.1 Å². The summed E-state index contributed by atoms with van der Waals surface area (Å²) in [5.74, 6) is -1.67. The second kappa shape index (κ2) is 5.20. The largest absolute Gasteiger partial charge is 0.465 e. The average molecular weight is 280 g/mol. The highest BCUT2D eigenvalue weighted by Crippen LogP contribution is 2.38. The minimum atomic E-state index is -0.959. The molecule has 6 heteroatoms. The number of nitrogens with two attached hydrogens (primary N) is 1. The van der Waals surface area contributed by atoms with Crippen molar-refractivity contribution in [1.82, 2.24) is 0 Å². The molecular weight excluding hydrogens is 263 g/mol. The molecule has 20 heavy (non-hydrogen) atoms. The number of benzene rings is 1.